The van der Waals surface area contributed by atoms with Gasteiger partial charge in [0.2, 0.25) is 0 Å². The molecule has 0 aromatic heterocycles. The largest absolute Gasteiger partial charge is 0.479 e. The Hall–Kier alpha value is -3.04. The van der Waals surface area contributed by atoms with Crippen molar-refractivity contribution in [3.8, 4) is 11.8 Å². The number of nitrogens with one attached hydrogen (secondary N) is 1. The number of benzene rings is 2. The molecule has 26 heavy (non-hydrogen) atoms. The molecule has 7 heteroatoms. The van der Waals surface area contributed by atoms with Gasteiger partial charge in [-0.25, -0.2) is 4.79 Å². The summed E-state index contributed by atoms with van der Waals surface area (Å²) in [4.78, 5) is 24.2. The summed E-state index contributed by atoms with van der Waals surface area (Å²) in [6, 6.07) is 15.2. The van der Waals surface area contributed by atoms with E-state index in [2.05, 4.69) is 5.32 Å². The third-order valence-electron chi connectivity index (χ3n) is 3.41. The van der Waals surface area contributed by atoms with Crippen molar-refractivity contribution in [2.24, 2.45) is 0 Å². The fourth-order valence-corrected chi connectivity index (χ4v) is 2.23. The van der Waals surface area contributed by atoms with Crippen molar-refractivity contribution >= 4 is 29.2 Å². The summed E-state index contributed by atoms with van der Waals surface area (Å²) in [5.41, 5.74) is 0.700. The van der Waals surface area contributed by atoms with Gasteiger partial charge in [-0.2, -0.15) is 5.26 Å². The maximum atomic E-state index is 12.2. The van der Waals surface area contributed by atoms with E-state index in [1.165, 1.54) is 25.1 Å². The Labute approximate surface area is 156 Å². The van der Waals surface area contributed by atoms with Crippen molar-refractivity contribution in [1.82, 2.24) is 0 Å². The van der Waals surface area contributed by atoms with E-state index in [-0.39, 0.29) is 5.02 Å². The van der Waals surface area contributed by atoms with Crippen LogP contribution < -0.4 is 10.1 Å². The van der Waals surface area contributed by atoms with Crippen LogP contribution in [0, 0.1) is 11.3 Å². The molecule has 0 aliphatic rings. The fourth-order valence-electron chi connectivity index (χ4n) is 2.00. The summed E-state index contributed by atoms with van der Waals surface area (Å²) in [7, 11) is 0. The fraction of sp³-hybridized carbons (Fsp3) is 0.211. The van der Waals surface area contributed by atoms with Crippen LogP contribution in [0.4, 0.5) is 5.69 Å². The van der Waals surface area contributed by atoms with E-state index in [1.54, 1.807) is 31.2 Å². The van der Waals surface area contributed by atoms with E-state index in [0.717, 1.165) is 0 Å². The molecule has 0 aliphatic carbocycles. The minimum absolute atomic E-state index is 0.222. The van der Waals surface area contributed by atoms with Crippen molar-refractivity contribution < 1.29 is 19.1 Å². The number of anilines is 1. The van der Waals surface area contributed by atoms with Crippen LogP contribution >= 0.6 is 11.6 Å². The molecule has 0 saturated carbocycles. The van der Waals surface area contributed by atoms with Gasteiger partial charge in [-0.05, 0) is 44.2 Å². The van der Waals surface area contributed by atoms with Gasteiger partial charge in [0.25, 0.3) is 5.91 Å². The van der Waals surface area contributed by atoms with Gasteiger partial charge in [0.1, 0.15) is 11.8 Å². The van der Waals surface area contributed by atoms with E-state index >= 15 is 0 Å². The zero-order valence-electron chi connectivity index (χ0n) is 14.2. The molecule has 1 amide bonds. The number of esters is 1. The number of ether oxygens (including phenoxy) is 2. The molecular weight excluding hydrogens is 356 g/mol. The number of hydrogen-bond acceptors (Lipinski definition) is 5. The first-order valence-corrected chi connectivity index (χ1v) is 8.21. The first-order chi connectivity index (χ1) is 12.4. The van der Waals surface area contributed by atoms with Crippen LogP contribution in [-0.2, 0) is 14.3 Å². The molecule has 134 valence electrons. The van der Waals surface area contributed by atoms with Crippen molar-refractivity contribution in [3.05, 3.63) is 59.1 Å². The van der Waals surface area contributed by atoms with Crippen LogP contribution in [0.5, 0.6) is 5.75 Å². The van der Waals surface area contributed by atoms with Crippen LogP contribution in [0.3, 0.4) is 0 Å². The normalized spacial score (nSPS) is 12.4. The lowest BCUT2D eigenvalue weighted by molar-refractivity contribution is -0.159. The van der Waals surface area contributed by atoms with Crippen LogP contribution in [0.15, 0.2) is 48.5 Å². The number of para-hydroxylation sites is 1. The maximum Gasteiger partial charge on any atom is 0.347 e. The number of rotatable bonds is 6. The highest BCUT2D eigenvalue weighted by Gasteiger charge is 2.23. The first kappa shape index (κ1) is 19.3. The molecule has 0 saturated heterocycles. The topological polar surface area (TPSA) is 88.4 Å². The van der Waals surface area contributed by atoms with Gasteiger partial charge in [-0.15, -0.1) is 0 Å². The Bertz CT molecular complexity index is 833. The van der Waals surface area contributed by atoms with E-state index in [9.17, 15) is 9.59 Å². The molecule has 1 N–H and O–H groups in total. The van der Waals surface area contributed by atoms with Crippen molar-refractivity contribution in [3.63, 3.8) is 0 Å². The van der Waals surface area contributed by atoms with Gasteiger partial charge < -0.3 is 14.8 Å². The monoisotopic (exact) mass is 372 g/mol. The number of carbonyl (C=O) groups excluding carboxylic acids is 2. The van der Waals surface area contributed by atoms with E-state index < -0.39 is 24.1 Å². The number of halogens is 1. The Morgan fingerprint density at radius 2 is 1.81 bits per heavy atom. The molecule has 2 atom stereocenters. The summed E-state index contributed by atoms with van der Waals surface area (Å²) in [5.74, 6) is -0.651. The third-order valence-corrected chi connectivity index (χ3v) is 3.72. The molecule has 0 heterocycles. The summed E-state index contributed by atoms with van der Waals surface area (Å²) < 4.78 is 10.6. The predicted molar refractivity (Wildman–Crippen MR) is 96.9 cm³/mol. The summed E-state index contributed by atoms with van der Waals surface area (Å²) in [6.07, 6.45) is -1.89. The molecule has 0 aliphatic heterocycles. The quantitative estimate of drug-likeness (QED) is 0.783. The smallest absolute Gasteiger partial charge is 0.347 e. The Morgan fingerprint density at radius 1 is 1.12 bits per heavy atom. The zero-order valence-corrected chi connectivity index (χ0v) is 15.0. The average molecular weight is 373 g/mol. The van der Waals surface area contributed by atoms with E-state index in [0.29, 0.717) is 17.0 Å². The minimum Gasteiger partial charge on any atom is -0.479 e. The van der Waals surface area contributed by atoms with Gasteiger partial charge in [0.15, 0.2) is 12.2 Å². The molecule has 0 fully saturated rings. The number of nitriles is 1. The molecular formula is C19H17ClN2O4. The zero-order chi connectivity index (χ0) is 19.1. The summed E-state index contributed by atoms with van der Waals surface area (Å²) in [6.45, 7) is 2.99. The highest BCUT2D eigenvalue weighted by atomic mass is 35.5. The average Bonchev–Trinajstić information content (AvgIpc) is 2.62. The van der Waals surface area contributed by atoms with E-state index in [1.807, 2.05) is 12.1 Å². The molecule has 6 nitrogen and oxygen atoms in total. The van der Waals surface area contributed by atoms with Crippen LogP contribution in [0.25, 0.3) is 0 Å². The molecule has 2 rings (SSSR count). The van der Waals surface area contributed by atoms with Crippen LogP contribution in [0.2, 0.25) is 5.02 Å². The van der Waals surface area contributed by atoms with Gasteiger partial charge >= 0.3 is 5.97 Å². The highest BCUT2D eigenvalue weighted by molar-refractivity contribution is 6.32. The molecule has 2 unspecified atom stereocenters. The second kappa shape index (κ2) is 8.88. The number of nitrogens with zero attached hydrogens (tertiary/aromatic N) is 1. The second-order valence-electron chi connectivity index (χ2n) is 5.45. The van der Waals surface area contributed by atoms with Crippen molar-refractivity contribution in [1.29, 1.82) is 5.26 Å². The lowest BCUT2D eigenvalue weighted by atomic mass is 10.2. The van der Waals surface area contributed by atoms with Crippen molar-refractivity contribution in [2.45, 2.75) is 26.1 Å². The van der Waals surface area contributed by atoms with Crippen LogP contribution in [0.1, 0.15) is 19.4 Å². The standard InChI is InChI=1S/C19H17ClN2O4/c1-12(18(23)22-15-9-8-14(11-21)17(20)10-15)26-19(24)13(2)25-16-6-4-3-5-7-16/h3-10,12-13H,1-2H3,(H,22,23). The molecule has 0 bridgehead atoms. The van der Waals surface area contributed by atoms with E-state index in [4.69, 9.17) is 26.3 Å². The number of amides is 1. The molecule has 0 radical (unpaired) electrons. The van der Waals surface area contributed by atoms with Gasteiger partial charge in [0.05, 0.1) is 10.6 Å². The van der Waals surface area contributed by atoms with Crippen LogP contribution in [-0.4, -0.2) is 24.1 Å². The maximum absolute atomic E-state index is 12.2. The van der Waals surface area contributed by atoms with Gasteiger partial charge in [-0.3, -0.25) is 4.79 Å². The first-order valence-electron chi connectivity index (χ1n) is 7.83. The van der Waals surface area contributed by atoms with Gasteiger partial charge in [0, 0.05) is 5.69 Å². The lowest BCUT2D eigenvalue weighted by Crippen LogP contribution is -2.35. The Morgan fingerprint density at radius 3 is 2.42 bits per heavy atom. The second-order valence-corrected chi connectivity index (χ2v) is 5.86. The number of hydrogen-bond donors (Lipinski definition) is 1. The van der Waals surface area contributed by atoms with Gasteiger partial charge in [-0.1, -0.05) is 29.8 Å². The molecule has 0 spiro atoms. The minimum atomic E-state index is -1.03. The SMILES string of the molecule is CC(OC(=O)C(C)Oc1ccccc1)C(=O)Nc1ccc(C#N)c(Cl)c1. The summed E-state index contributed by atoms with van der Waals surface area (Å²) >= 11 is 5.92. The van der Waals surface area contributed by atoms with Crippen molar-refractivity contribution in [2.75, 3.05) is 5.32 Å². The Balaban J connectivity index is 1.90. The highest BCUT2D eigenvalue weighted by Crippen LogP contribution is 2.20. The summed E-state index contributed by atoms with van der Waals surface area (Å²) in [5, 5.41) is 11.6. The lowest BCUT2D eigenvalue weighted by Gasteiger charge is -2.18. The predicted octanol–water partition coefficient (Wildman–Crippen LogP) is 3.55. The number of carbonyl (C=O) groups is 2. The Kier molecular flexibility index (Phi) is 6.59. The molecule has 2 aromatic carbocycles. The molecule has 2 aromatic rings. The third kappa shape index (κ3) is 5.23.